The molecule has 2 aliphatic carbocycles. The molecular weight excluding hydrogens is 520 g/mol. The van der Waals surface area contributed by atoms with Gasteiger partial charge in [-0.2, -0.15) is 5.26 Å². The van der Waals surface area contributed by atoms with Crippen LogP contribution in [0.3, 0.4) is 0 Å². The third kappa shape index (κ3) is 3.05. The van der Waals surface area contributed by atoms with Gasteiger partial charge in [-0.15, -0.1) is 11.3 Å². The fraction of sp³-hybridized carbons (Fsp3) is 0.212. The molecule has 4 aromatic rings. The molecule has 3 heterocycles. The Morgan fingerprint density at radius 3 is 2.50 bits per heavy atom. The topological polar surface area (TPSA) is 87.5 Å². The van der Waals surface area contributed by atoms with Crippen molar-refractivity contribution in [2.75, 3.05) is 4.90 Å². The van der Waals surface area contributed by atoms with Crippen LogP contribution in [0.15, 0.2) is 72.8 Å². The summed E-state index contributed by atoms with van der Waals surface area (Å²) in [6.07, 6.45) is 4.59. The summed E-state index contributed by atoms with van der Waals surface area (Å²) in [6.45, 7) is 0. The molecule has 40 heavy (non-hydrogen) atoms. The van der Waals surface area contributed by atoms with E-state index in [2.05, 4.69) is 6.07 Å². The van der Waals surface area contributed by atoms with E-state index in [0.29, 0.717) is 16.3 Å². The second kappa shape index (κ2) is 8.48. The Kier molecular flexibility index (Phi) is 4.95. The molecule has 1 fully saturated rings. The minimum atomic E-state index is -0.923. The number of carbonyl (C=O) groups excluding carboxylic acids is 3. The lowest BCUT2D eigenvalue weighted by Gasteiger charge is -2.38. The van der Waals surface area contributed by atoms with Crippen molar-refractivity contribution in [2.45, 2.75) is 25.2 Å². The molecule has 0 spiro atoms. The van der Waals surface area contributed by atoms with Crippen molar-refractivity contribution < 1.29 is 19.1 Å². The minimum absolute atomic E-state index is 0.354. The van der Waals surface area contributed by atoms with Crippen LogP contribution in [0.2, 0.25) is 0 Å². The molecule has 2 amide bonds. The van der Waals surface area contributed by atoms with Gasteiger partial charge in [0.1, 0.15) is 16.8 Å². The van der Waals surface area contributed by atoms with Crippen molar-refractivity contribution in [2.24, 2.45) is 17.8 Å². The molecule has 0 unspecified atom stereocenters. The van der Waals surface area contributed by atoms with E-state index in [4.69, 9.17) is 4.74 Å². The quantitative estimate of drug-likeness (QED) is 0.182. The number of imide groups is 1. The van der Waals surface area contributed by atoms with E-state index in [1.165, 1.54) is 16.2 Å². The van der Waals surface area contributed by atoms with Gasteiger partial charge in [0.2, 0.25) is 11.8 Å². The predicted octanol–water partition coefficient (Wildman–Crippen LogP) is 5.78. The molecule has 4 aliphatic rings. The van der Waals surface area contributed by atoms with E-state index in [0.717, 1.165) is 57.2 Å². The van der Waals surface area contributed by atoms with Crippen LogP contribution in [0.4, 0.5) is 5.00 Å². The zero-order chi connectivity index (χ0) is 27.1. The lowest BCUT2D eigenvalue weighted by atomic mass is 9.64. The number of anilines is 1. The fourth-order valence-electron chi connectivity index (χ4n) is 7.15. The number of benzene rings is 3. The van der Waals surface area contributed by atoms with E-state index < -0.39 is 35.5 Å². The number of thiophene rings is 1. The summed E-state index contributed by atoms with van der Waals surface area (Å²) in [5.74, 6) is -3.83. The first-order chi connectivity index (χ1) is 19.6. The highest BCUT2D eigenvalue weighted by Crippen LogP contribution is 2.56. The average molecular weight is 543 g/mol. The molecule has 1 aromatic heterocycles. The van der Waals surface area contributed by atoms with Gasteiger partial charge in [-0.1, -0.05) is 72.8 Å². The average Bonchev–Trinajstić information content (AvgIpc) is 3.64. The lowest BCUT2D eigenvalue weighted by Crippen LogP contribution is -2.42. The number of rotatable bonds is 2. The van der Waals surface area contributed by atoms with E-state index in [1.54, 1.807) is 0 Å². The molecule has 4 atom stereocenters. The second-order valence-corrected chi connectivity index (χ2v) is 11.9. The number of esters is 1. The Balaban J connectivity index is 1.33. The number of carbonyl (C=O) groups is 3. The Morgan fingerprint density at radius 1 is 0.900 bits per heavy atom. The number of hydrogen-bond donors (Lipinski definition) is 0. The molecule has 194 valence electrons. The molecule has 3 aromatic carbocycles. The number of fused-ring (bicyclic) bond motifs is 8. The molecule has 0 N–H and O–H groups in total. The van der Waals surface area contributed by atoms with Crippen LogP contribution >= 0.6 is 11.3 Å². The Labute approximate surface area is 234 Å². The molecule has 0 saturated carbocycles. The Hall–Kier alpha value is -4.54. The highest BCUT2D eigenvalue weighted by Gasteiger charge is 2.61. The maximum absolute atomic E-state index is 14.3. The number of nitriles is 1. The lowest BCUT2D eigenvalue weighted by molar-refractivity contribution is -0.142. The second-order valence-electron chi connectivity index (χ2n) is 10.8. The smallest absolute Gasteiger partial charge is 0.319 e. The number of hydrogen-bond acceptors (Lipinski definition) is 6. The van der Waals surface area contributed by atoms with Gasteiger partial charge in [0.15, 0.2) is 0 Å². The van der Waals surface area contributed by atoms with E-state index in [9.17, 15) is 19.6 Å². The van der Waals surface area contributed by atoms with Crippen molar-refractivity contribution in [3.63, 3.8) is 0 Å². The summed E-state index contributed by atoms with van der Waals surface area (Å²) in [6, 6.07) is 23.6. The summed E-state index contributed by atoms with van der Waals surface area (Å²) in [4.78, 5) is 44.6. The maximum Gasteiger partial charge on any atom is 0.319 e. The molecule has 8 rings (SSSR count). The zero-order valence-corrected chi connectivity index (χ0v) is 22.1. The van der Waals surface area contributed by atoms with Crippen LogP contribution in [-0.4, -0.2) is 17.8 Å². The van der Waals surface area contributed by atoms with Gasteiger partial charge in [0, 0.05) is 21.7 Å². The van der Waals surface area contributed by atoms with Gasteiger partial charge >= 0.3 is 5.97 Å². The normalized spacial score (nSPS) is 24.6. The third-order valence-electron chi connectivity index (χ3n) is 8.89. The highest BCUT2D eigenvalue weighted by molar-refractivity contribution is 7.17. The standard InChI is InChI=1S/C33H22N2O4S/c34-16-24-20-11-6-12-25(20)40-32(24)35-30(36)26-22(17-7-2-1-3-8-17)15-23-21-14-13-18-9-4-5-10-19(18)29(21)39-33(38)27(23)28(26)31(35)37/h1-5,7-10,13-15,22,26-28H,6,11-12H2/t22-,26-,27+,28-/m0/s1. The molecule has 7 heteroatoms. The summed E-state index contributed by atoms with van der Waals surface area (Å²) < 4.78 is 5.97. The number of aryl methyl sites for hydroxylation is 1. The Morgan fingerprint density at radius 2 is 1.68 bits per heavy atom. The van der Waals surface area contributed by atoms with Gasteiger partial charge < -0.3 is 4.74 Å². The molecule has 2 aliphatic heterocycles. The largest absolute Gasteiger partial charge is 0.425 e. The van der Waals surface area contributed by atoms with Crippen molar-refractivity contribution in [1.29, 1.82) is 5.26 Å². The first-order valence-corrected chi connectivity index (χ1v) is 14.3. The van der Waals surface area contributed by atoms with Crippen LogP contribution in [0.1, 0.15) is 39.5 Å². The number of amides is 2. The highest BCUT2D eigenvalue weighted by atomic mass is 32.1. The van der Waals surface area contributed by atoms with Crippen molar-refractivity contribution in [3.05, 3.63) is 99.9 Å². The van der Waals surface area contributed by atoms with Crippen LogP contribution in [0, 0.1) is 29.1 Å². The van der Waals surface area contributed by atoms with Gasteiger partial charge in [-0.05, 0) is 41.3 Å². The summed E-state index contributed by atoms with van der Waals surface area (Å²) >= 11 is 1.37. The summed E-state index contributed by atoms with van der Waals surface area (Å²) in [5.41, 5.74) is 3.78. The minimum Gasteiger partial charge on any atom is -0.425 e. The van der Waals surface area contributed by atoms with E-state index >= 15 is 0 Å². The van der Waals surface area contributed by atoms with Crippen molar-refractivity contribution in [3.8, 4) is 11.8 Å². The van der Waals surface area contributed by atoms with Crippen LogP contribution in [0.25, 0.3) is 16.3 Å². The van der Waals surface area contributed by atoms with Crippen LogP contribution in [0.5, 0.6) is 5.75 Å². The predicted molar refractivity (Wildman–Crippen MR) is 151 cm³/mol. The molecule has 6 nitrogen and oxygen atoms in total. The van der Waals surface area contributed by atoms with Gasteiger partial charge in [-0.3, -0.25) is 14.4 Å². The summed E-state index contributed by atoms with van der Waals surface area (Å²) in [7, 11) is 0. The molecule has 0 radical (unpaired) electrons. The molecule has 0 bridgehead atoms. The first-order valence-electron chi connectivity index (χ1n) is 13.5. The van der Waals surface area contributed by atoms with Crippen molar-refractivity contribution >= 4 is 50.5 Å². The van der Waals surface area contributed by atoms with Crippen molar-refractivity contribution in [1.82, 2.24) is 0 Å². The number of ether oxygens (including phenoxy) is 1. The zero-order valence-electron chi connectivity index (χ0n) is 21.3. The molecule has 1 saturated heterocycles. The number of allylic oxidation sites excluding steroid dienone is 1. The van der Waals surface area contributed by atoms with Crippen LogP contribution in [-0.2, 0) is 27.2 Å². The van der Waals surface area contributed by atoms with Gasteiger partial charge in [-0.25, -0.2) is 4.90 Å². The SMILES string of the molecule is N#Cc1c(N2C(=O)[C@@H]3[C@@H]4C(=O)Oc5c(ccc6ccccc56)C4=C[C@@H](c4ccccc4)[C@@H]3C2=O)sc2c1CCC2. The molecular formula is C33H22N2O4S. The van der Waals surface area contributed by atoms with Gasteiger partial charge in [0.25, 0.3) is 0 Å². The summed E-state index contributed by atoms with van der Waals surface area (Å²) in [5, 5.41) is 12.2. The fourth-order valence-corrected chi connectivity index (χ4v) is 8.50. The monoisotopic (exact) mass is 542 g/mol. The van der Waals surface area contributed by atoms with E-state index in [1.807, 2.05) is 72.8 Å². The Bertz CT molecular complexity index is 1860. The number of nitrogens with zero attached hydrogens (tertiary/aromatic N) is 2. The maximum atomic E-state index is 14.3. The van der Waals surface area contributed by atoms with E-state index in [-0.39, 0.29) is 5.91 Å². The third-order valence-corrected chi connectivity index (χ3v) is 10.2. The first kappa shape index (κ1) is 23.4. The van der Waals surface area contributed by atoms with Gasteiger partial charge in [0.05, 0.1) is 23.3 Å². The van der Waals surface area contributed by atoms with Crippen LogP contribution < -0.4 is 9.64 Å².